The molecule has 0 amide bonds. The van der Waals surface area contributed by atoms with Crippen molar-refractivity contribution in [1.29, 1.82) is 0 Å². The Morgan fingerprint density at radius 3 is 2.56 bits per heavy atom. The van der Waals surface area contributed by atoms with Crippen molar-refractivity contribution in [2.75, 3.05) is 0 Å². The van der Waals surface area contributed by atoms with E-state index in [0.29, 0.717) is 0 Å². The van der Waals surface area contributed by atoms with Crippen molar-refractivity contribution in [2.45, 2.75) is 84.2 Å². The van der Waals surface area contributed by atoms with Crippen molar-refractivity contribution in [2.24, 2.45) is 5.92 Å². The Balaban J connectivity index is 1.48. The molecule has 0 aromatic carbocycles. The van der Waals surface area contributed by atoms with Gasteiger partial charge in [0.25, 0.3) is 0 Å². The van der Waals surface area contributed by atoms with Gasteiger partial charge >= 0.3 is 5.97 Å². The first-order valence-corrected chi connectivity index (χ1v) is 11.6. The van der Waals surface area contributed by atoms with E-state index in [1.165, 1.54) is 59.2 Å². The van der Waals surface area contributed by atoms with Crippen LogP contribution in [0.3, 0.4) is 0 Å². The minimum Gasteiger partial charge on any atom is -0.458 e. The van der Waals surface area contributed by atoms with Gasteiger partial charge in [-0.15, -0.1) is 22.7 Å². The Hall–Kier alpha value is -0.870. The van der Waals surface area contributed by atoms with E-state index in [1.54, 1.807) is 11.3 Å². The minimum absolute atomic E-state index is 0.111. The van der Waals surface area contributed by atoms with E-state index in [4.69, 9.17) is 4.74 Å². The maximum Gasteiger partial charge on any atom is 0.348 e. The van der Waals surface area contributed by atoms with Gasteiger partial charge in [-0.3, -0.25) is 0 Å². The second-order valence-electron chi connectivity index (χ2n) is 7.36. The van der Waals surface area contributed by atoms with Crippen LogP contribution in [0, 0.1) is 5.92 Å². The van der Waals surface area contributed by atoms with Crippen LogP contribution in [0.5, 0.6) is 0 Å². The van der Waals surface area contributed by atoms with Gasteiger partial charge in [0.05, 0.1) is 4.01 Å². The molecule has 0 radical (unpaired) electrons. The number of unbranched alkanes of at least 4 members (excludes halogenated alkanes) is 2. The number of rotatable bonds is 8. The summed E-state index contributed by atoms with van der Waals surface area (Å²) < 4.78 is 7.06. The summed E-state index contributed by atoms with van der Waals surface area (Å²) in [5.74, 6) is 0.741. The van der Waals surface area contributed by atoms with E-state index in [9.17, 15) is 4.79 Å². The molecule has 138 valence electrons. The zero-order valence-corrected chi connectivity index (χ0v) is 17.1. The maximum absolute atomic E-state index is 12.5. The molecule has 0 aliphatic heterocycles. The number of carbonyl (C=O) groups is 1. The number of thiophene rings is 2. The van der Waals surface area contributed by atoms with Crippen LogP contribution in [-0.4, -0.2) is 12.1 Å². The van der Waals surface area contributed by atoms with E-state index in [0.717, 1.165) is 30.1 Å². The van der Waals surface area contributed by atoms with Crippen LogP contribution in [0.1, 0.15) is 86.2 Å². The molecule has 2 heterocycles. The highest BCUT2D eigenvalue weighted by Gasteiger charge is 2.25. The van der Waals surface area contributed by atoms with Crippen LogP contribution in [0.25, 0.3) is 9.40 Å². The summed E-state index contributed by atoms with van der Waals surface area (Å²) in [6.45, 7) is 4.46. The van der Waals surface area contributed by atoms with Crippen LogP contribution < -0.4 is 0 Å². The highest BCUT2D eigenvalue weighted by atomic mass is 32.2. The highest BCUT2D eigenvalue weighted by Crippen LogP contribution is 2.35. The average Bonchev–Trinajstić information content (AvgIpc) is 3.15. The Morgan fingerprint density at radius 2 is 1.88 bits per heavy atom. The zero-order valence-electron chi connectivity index (χ0n) is 15.5. The molecule has 0 unspecified atom stereocenters. The molecule has 2 aromatic heterocycles. The fraction of sp³-hybridized carbons (Fsp3) is 0.667. The van der Waals surface area contributed by atoms with Gasteiger partial charge in [0, 0.05) is 10.3 Å². The fourth-order valence-electron chi connectivity index (χ4n) is 3.79. The smallest absolute Gasteiger partial charge is 0.348 e. The topological polar surface area (TPSA) is 26.3 Å². The van der Waals surface area contributed by atoms with E-state index in [-0.39, 0.29) is 12.1 Å². The number of carbonyl (C=O) groups excluding carboxylic acids is 1. The van der Waals surface area contributed by atoms with E-state index in [1.807, 2.05) is 17.4 Å². The third kappa shape index (κ3) is 5.07. The Morgan fingerprint density at radius 1 is 1.08 bits per heavy atom. The monoisotopic (exact) mass is 378 g/mol. The quantitative estimate of drug-likeness (QED) is 0.358. The van der Waals surface area contributed by atoms with Crippen LogP contribution >= 0.6 is 22.7 Å². The second-order valence-corrected chi connectivity index (χ2v) is 9.81. The summed E-state index contributed by atoms with van der Waals surface area (Å²) in [6, 6.07) is 4.26. The van der Waals surface area contributed by atoms with Crippen molar-refractivity contribution in [1.82, 2.24) is 0 Å². The van der Waals surface area contributed by atoms with Crippen molar-refractivity contribution in [3.8, 4) is 0 Å². The molecule has 2 aromatic rings. The van der Waals surface area contributed by atoms with Gasteiger partial charge < -0.3 is 4.74 Å². The molecule has 3 rings (SSSR count). The van der Waals surface area contributed by atoms with Gasteiger partial charge in [0.2, 0.25) is 0 Å². The van der Waals surface area contributed by atoms with Crippen molar-refractivity contribution >= 4 is 38.0 Å². The molecule has 1 aliphatic rings. The molecule has 0 N–H and O–H groups in total. The Bertz CT molecular complexity index is 646. The van der Waals surface area contributed by atoms with Crippen molar-refractivity contribution in [3.63, 3.8) is 0 Å². The predicted octanol–water partition coefficient (Wildman–Crippen LogP) is 7.21. The van der Waals surface area contributed by atoms with Crippen LogP contribution in [-0.2, 0) is 11.2 Å². The van der Waals surface area contributed by atoms with Gasteiger partial charge in [-0.2, -0.15) is 0 Å². The van der Waals surface area contributed by atoms with Crippen molar-refractivity contribution < 1.29 is 9.53 Å². The molecule has 25 heavy (non-hydrogen) atoms. The molecule has 1 fully saturated rings. The molecule has 0 atom stereocenters. The normalized spacial score (nSPS) is 20.9. The van der Waals surface area contributed by atoms with E-state index < -0.39 is 0 Å². The lowest BCUT2D eigenvalue weighted by molar-refractivity contribution is 0.0166. The number of fused-ring (bicyclic) bond motifs is 1. The number of ether oxygens (including phenoxy) is 1. The lowest BCUT2D eigenvalue weighted by Gasteiger charge is -2.28. The standard InChI is InChI=1S/C21H30O2S2/c1-3-5-6-8-15-9-11-17(12-10-15)23-20(22)19-14-16-13-18(7-4-2)24-21(16)25-19/h13-15,17H,3-12H2,1-2H3/t15-,17-. The summed E-state index contributed by atoms with van der Waals surface area (Å²) >= 11 is 3.43. The maximum atomic E-state index is 12.5. The summed E-state index contributed by atoms with van der Waals surface area (Å²) in [4.78, 5) is 14.7. The average molecular weight is 379 g/mol. The molecular formula is C21H30O2S2. The summed E-state index contributed by atoms with van der Waals surface area (Å²) in [5.41, 5.74) is 0. The number of esters is 1. The zero-order chi connectivity index (χ0) is 17.6. The van der Waals surface area contributed by atoms with Gasteiger partial charge in [0.1, 0.15) is 11.0 Å². The molecule has 1 saturated carbocycles. The van der Waals surface area contributed by atoms with Gasteiger partial charge in [-0.1, -0.05) is 46.0 Å². The summed E-state index contributed by atoms with van der Waals surface area (Å²) in [6.07, 6.45) is 12.3. The van der Waals surface area contributed by atoms with Gasteiger partial charge in [-0.05, 0) is 50.2 Å². The number of hydrogen-bond acceptors (Lipinski definition) is 4. The van der Waals surface area contributed by atoms with Crippen molar-refractivity contribution in [3.05, 3.63) is 21.9 Å². The first-order chi connectivity index (χ1) is 12.2. The highest BCUT2D eigenvalue weighted by molar-refractivity contribution is 7.39. The molecular weight excluding hydrogens is 348 g/mol. The first-order valence-electron chi connectivity index (χ1n) is 9.92. The van der Waals surface area contributed by atoms with E-state index in [2.05, 4.69) is 19.9 Å². The Labute approximate surface area is 159 Å². The minimum atomic E-state index is -0.111. The summed E-state index contributed by atoms with van der Waals surface area (Å²) in [5, 5.41) is 1.21. The number of hydrogen-bond donors (Lipinski definition) is 0. The first kappa shape index (κ1) is 18.9. The van der Waals surface area contributed by atoms with Gasteiger partial charge in [-0.25, -0.2) is 4.79 Å². The third-order valence-electron chi connectivity index (χ3n) is 5.25. The van der Waals surface area contributed by atoms with Gasteiger partial charge in [0.15, 0.2) is 0 Å². The molecule has 0 saturated heterocycles. The third-order valence-corrected chi connectivity index (χ3v) is 7.68. The lowest BCUT2D eigenvalue weighted by atomic mass is 9.84. The molecule has 2 nitrogen and oxygen atoms in total. The molecule has 0 spiro atoms. The predicted molar refractivity (Wildman–Crippen MR) is 109 cm³/mol. The number of aryl methyl sites for hydroxylation is 1. The van der Waals surface area contributed by atoms with Crippen LogP contribution in [0.2, 0.25) is 0 Å². The molecule has 1 aliphatic carbocycles. The molecule has 4 heteroatoms. The van der Waals surface area contributed by atoms with E-state index >= 15 is 0 Å². The Kier molecular flexibility index (Phi) is 6.94. The summed E-state index contributed by atoms with van der Waals surface area (Å²) in [7, 11) is 0. The largest absolute Gasteiger partial charge is 0.458 e. The second kappa shape index (κ2) is 9.18. The fourth-order valence-corrected chi connectivity index (χ4v) is 6.27. The molecule has 0 bridgehead atoms. The van der Waals surface area contributed by atoms with Crippen LogP contribution in [0.4, 0.5) is 0 Å². The van der Waals surface area contributed by atoms with Crippen LogP contribution in [0.15, 0.2) is 12.1 Å². The lowest BCUT2D eigenvalue weighted by Crippen LogP contribution is -2.24. The SMILES string of the molecule is CCCCC[C@H]1CC[C@H](OC(=O)c2cc3cc(CCC)sc3s2)CC1.